The van der Waals surface area contributed by atoms with Gasteiger partial charge in [-0.2, -0.15) is 0 Å². The van der Waals surface area contributed by atoms with Gasteiger partial charge in [0.15, 0.2) is 6.04 Å². The fourth-order valence-electron chi connectivity index (χ4n) is 3.24. The summed E-state index contributed by atoms with van der Waals surface area (Å²) in [5.74, 6) is -2.30. The van der Waals surface area contributed by atoms with E-state index in [-0.39, 0.29) is 11.8 Å². The Labute approximate surface area is 170 Å². The highest BCUT2D eigenvalue weighted by atomic mass is 16.4. The molecule has 9 nitrogen and oxygen atoms in total. The van der Waals surface area contributed by atoms with Crippen LogP contribution in [0.5, 0.6) is 0 Å². The molecule has 2 aromatic carbocycles. The van der Waals surface area contributed by atoms with Crippen molar-refractivity contribution in [2.75, 3.05) is 0 Å². The Hall–Kier alpha value is -3.72. The maximum absolute atomic E-state index is 13.0. The molecule has 0 saturated carbocycles. The summed E-state index contributed by atoms with van der Waals surface area (Å²) in [5.41, 5.74) is -0.468. The fourth-order valence-corrected chi connectivity index (χ4v) is 3.24. The number of carboxylic acids is 1. The van der Waals surface area contributed by atoms with Gasteiger partial charge in [0, 0.05) is 6.42 Å². The Morgan fingerprint density at radius 1 is 1.07 bits per heavy atom. The number of fused-ring (bicyclic) bond motifs is 1. The average Bonchev–Trinajstić information content (AvgIpc) is 2.71. The molecule has 3 atom stereocenters. The van der Waals surface area contributed by atoms with E-state index in [1.165, 1.54) is 13.0 Å². The van der Waals surface area contributed by atoms with Gasteiger partial charge in [-0.25, -0.2) is 14.2 Å². The van der Waals surface area contributed by atoms with Crippen LogP contribution in [0.15, 0.2) is 64.2 Å². The number of aliphatic hydroxyl groups excluding tert-OH is 1. The molecule has 3 rings (SSSR count). The number of carbonyl (C=O) groups is 2. The molecule has 1 amide bonds. The van der Waals surface area contributed by atoms with Crippen LogP contribution in [-0.2, 0) is 16.0 Å². The first-order valence-electron chi connectivity index (χ1n) is 9.28. The number of benzene rings is 2. The molecule has 0 spiro atoms. The molecule has 0 aliphatic carbocycles. The summed E-state index contributed by atoms with van der Waals surface area (Å²) in [5, 5.41) is 21.4. The number of carbonyl (C=O) groups excluding carboxylic acids is 1. The number of aromatic amines is 1. The van der Waals surface area contributed by atoms with Gasteiger partial charge >= 0.3 is 11.7 Å². The minimum Gasteiger partial charge on any atom is -0.480 e. The maximum atomic E-state index is 13.0. The zero-order valence-corrected chi connectivity index (χ0v) is 16.1. The lowest BCUT2D eigenvalue weighted by molar-refractivity contribution is -0.145. The molecule has 1 aromatic heterocycles. The van der Waals surface area contributed by atoms with Crippen molar-refractivity contribution in [3.63, 3.8) is 0 Å². The second kappa shape index (κ2) is 8.75. The molecule has 30 heavy (non-hydrogen) atoms. The molecule has 0 unspecified atom stereocenters. The van der Waals surface area contributed by atoms with E-state index in [9.17, 15) is 29.4 Å². The van der Waals surface area contributed by atoms with Crippen LogP contribution in [0.25, 0.3) is 10.9 Å². The third-order valence-corrected chi connectivity index (χ3v) is 4.77. The van der Waals surface area contributed by atoms with Crippen molar-refractivity contribution in [2.45, 2.75) is 31.5 Å². The molecule has 0 radical (unpaired) electrons. The van der Waals surface area contributed by atoms with Crippen molar-refractivity contribution >= 4 is 22.8 Å². The minimum absolute atomic E-state index is 0.0276. The molecule has 0 aliphatic rings. The largest absolute Gasteiger partial charge is 0.480 e. The molecule has 0 fully saturated rings. The lowest BCUT2D eigenvalue weighted by Crippen LogP contribution is -2.52. The molecule has 156 valence electrons. The average molecular weight is 411 g/mol. The fraction of sp³-hybridized carbons (Fsp3) is 0.238. The number of H-pyrrole nitrogens is 1. The van der Waals surface area contributed by atoms with E-state index in [4.69, 9.17) is 0 Å². The maximum Gasteiger partial charge on any atom is 0.329 e. The summed E-state index contributed by atoms with van der Waals surface area (Å²) in [7, 11) is 0. The van der Waals surface area contributed by atoms with Crippen molar-refractivity contribution in [1.29, 1.82) is 0 Å². The summed E-state index contributed by atoms with van der Waals surface area (Å²) in [6.45, 7) is 1.22. The number of hydrogen-bond acceptors (Lipinski definition) is 5. The van der Waals surface area contributed by atoms with Crippen molar-refractivity contribution in [3.8, 4) is 0 Å². The summed E-state index contributed by atoms with van der Waals surface area (Å²) in [6.07, 6.45) is -1.41. The third kappa shape index (κ3) is 4.31. The first kappa shape index (κ1) is 21.0. The molecular weight excluding hydrogens is 390 g/mol. The zero-order chi connectivity index (χ0) is 21.8. The number of nitrogens with one attached hydrogen (secondary N) is 2. The van der Waals surface area contributed by atoms with Crippen LogP contribution in [0.2, 0.25) is 0 Å². The van der Waals surface area contributed by atoms with E-state index >= 15 is 0 Å². The molecular formula is C21H21N3O6. The second-order valence-electron chi connectivity index (χ2n) is 6.92. The highest BCUT2D eigenvalue weighted by Gasteiger charge is 2.31. The third-order valence-electron chi connectivity index (χ3n) is 4.77. The Bertz CT molecular complexity index is 1180. The van der Waals surface area contributed by atoms with Gasteiger partial charge in [0.1, 0.15) is 6.04 Å². The smallest absolute Gasteiger partial charge is 0.329 e. The van der Waals surface area contributed by atoms with Gasteiger partial charge in [-0.1, -0.05) is 42.5 Å². The summed E-state index contributed by atoms with van der Waals surface area (Å²) in [4.78, 5) is 52.7. The van der Waals surface area contributed by atoms with Crippen molar-refractivity contribution in [2.24, 2.45) is 0 Å². The number of rotatable bonds is 7. The van der Waals surface area contributed by atoms with Crippen molar-refractivity contribution in [1.82, 2.24) is 14.9 Å². The lowest BCUT2D eigenvalue weighted by Gasteiger charge is -2.23. The zero-order valence-electron chi connectivity index (χ0n) is 16.1. The van der Waals surface area contributed by atoms with E-state index in [1.807, 2.05) is 0 Å². The van der Waals surface area contributed by atoms with Gasteiger partial charge in [0.25, 0.3) is 5.56 Å². The topological polar surface area (TPSA) is 141 Å². The number of aliphatic hydroxyl groups is 1. The Balaban J connectivity index is 2.12. The standard InChI is InChI=1S/C21H21N3O6/c1-12(25)17(20(28)29)23-18(26)16(11-13-7-3-2-4-8-13)24-19(27)14-9-5-6-10-15(14)22-21(24)30/h2-10,12,16-17,25H,11H2,1H3,(H,22,30)(H,23,26)(H,28,29)/t12-,16-,17-/m0/s1. The van der Waals surface area contributed by atoms with Gasteiger partial charge in [0.2, 0.25) is 5.91 Å². The number of hydrogen-bond donors (Lipinski definition) is 4. The van der Waals surface area contributed by atoms with Crippen molar-refractivity contribution in [3.05, 3.63) is 81.0 Å². The Morgan fingerprint density at radius 2 is 1.70 bits per heavy atom. The number of amides is 1. The van der Waals surface area contributed by atoms with Crippen molar-refractivity contribution < 1.29 is 19.8 Å². The molecule has 0 aliphatic heterocycles. The van der Waals surface area contributed by atoms with E-state index < -0.39 is 41.3 Å². The predicted octanol–water partition coefficient (Wildman–Crippen LogP) is 0.424. The summed E-state index contributed by atoms with van der Waals surface area (Å²) >= 11 is 0. The highest BCUT2D eigenvalue weighted by Crippen LogP contribution is 2.14. The van der Waals surface area contributed by atoms with E-state index in [1.54, 1.807) is 48.5 Å². The number of carboxylic acid groups (broad SMARTS) is 1. The quantitative estimate of drug-likeness (QED) is 0.444. The predicted molar refractivity (Wildman–Crippen MR) is 109 cm³/mol. The first-order chi connectivity index (χ1) is 14.3. The van der Waals surface area contributed by atoms with E-state index in [0.717, 1.165) is 4.57 Å². The van der Waals surface area contributed by atoms with Crippen LogP contribution in [0.1, 0.15) is 18.5 Å². The number of nitrogens with zero attached hydrogens (tertiary/aromatic N) is 1. The van der Waals surface area contributed by atoms with Gasteiger partial charge < -0.3 is 20.5 Å². The van der Waals surface area contributed by atoms with Crippen LogP contribution in [0.4, 0.5) is 0 Å². The normalized spacial score (nSPS) is 14.1. The SMILES string of the molecule is C[C@H](O)[C@H](NC(=O)[C@H](Cc1ccccc1)n1c(=O)[nH]c2ccccc2c1=O)C(=O)O. The molecule has 3 aromatic rings. The lowest BCUT2D eigenvalue weighted by atomic mass is 10.0. The number of para-hydroxylation sites is 1. The molecule has 0 bridgehead atoms. The Morgan fingerprint density at radius 3 is 2.33 bits per heavy atom. The second-order valence-corrected chi connectivity index (χ2v) is 6.92. The minimum atomic E-state index is -1.59. The van der Waals surface area contributed by atoms with Gasteiger partial charge in [-0.05, 0) is 24.6 Å². The first-order valence-corrected chi connectivity index (χ1v) is 9.28. The number of aromatic nitrogens is 2. The van der Waals surface area contributed by atoms with E-state index in [0.29, 0.717) is 11.1 Å². The number of aliphatic carboxylic acids is 1. The summed E-state index contributed by atoms with van der Waals surface area (Å²) in [6, 6.07) is 12.2. The van der Waals surface area contributed by atoms with Crippen LogP contribution < -0.4 is 16.6 Å². The molecule has 9 heteroatoms. The van der Waals surface area contributed by atoms with Crippen LogP contribution >= 0.6 is 0 Å². The summed E-state index contributed by atoms with van der Waals surface area (Å²) < 4.78 is 0.783. The molecule has 1 heterocycles. The van der Waals surface area contributed by atoms with Crippen LogP contribution in [0.3, 0.4) is 0 Å². The molecule has 4 N–H and O–H groups in total. The van der Waals surface area contributed by atoms with Gasteiger partial charge in [0.05, 0.1) is 17.0 Å². The van der Waals surface area contributed by atoms with Gasteiger partial charge in [-0.15, -0.1) is 0 Å². The Kier molecular flexibility index (Phi) is 6.12. The van der Waals surface area contributed by atoms with E-state index in [2.05, 4.69) is 10.3 Å². The molecule has 0 saturated heterocycles. The highest BCUT2D eigenvalue weighted by molar-refractivity contribution is 5.87. The van der Waals surface area contributed by atoms with Crippen LogP contribution in [-0.4, -0.2) is 43.8 Å². The van der Waals surface area contributed by atoms with Gasteiger partial charge in [-0.3, -0.25) is 9.59 Å². The van der Waals surface area contributed by atoms with Crippen LogP contribution in [0, 0.1) is 0 Å². The monoisotopic (exact) mass is 411 g/mol.